The first kappa shape index (κ1) is 24.3. The molecule has 1 aromatic heterocycles. The Morgan fingerprint density at radius 1 is 0.404 bits per heavy atom. The number of benzene rings is 9. The third kappa shape index (κ3) is 5.12. The molecule has 10 aromatic rings. The molecule has 10 rings (SSSR count). The van der Waals surface area contributed by atoms with Crippen molar-refractivity contribution in [2.75, 3.05) is 4.90 Å². The van der Waals surface area contributed by atoms with Crippen LogP contribution in [0.1, 0.15) is 8.22 Å². The molecule has 0 aliphatic heterocycles. The van der Waals surface area contributed by atoms with Crippen molar-refractivity contribution in [2.45, 2.75) is 0 Å². The Balaban J connectivity index is 1.12. The van der Waals surface area contributed by atoms with Gasteiger partial charge in [0.05, 0.1) is 13.9 Å². The van der Waals surface area contributed by atoms with Gasteiger partial charge in [0.1, 0.15) is 11.2 Å². The van der Waals surface area contributed by atoms with E-state index in [1.165, 1.54) is 22.4 Å². The maximum Gasteiger partial charge on any atom is 0.136 e. The molecule has 0 amide bonds. The van der Waals surface area contributed by atoms with Crippen LogP contribution in [0.2, 0.25) is 0 Å². The van der Waals surface area contributed by atoms with Gasteiger partial charge in [0.2, 0.25) is 0 Å². The zero-order valence-corrected chi connectivity index (χ0v) is 27.9. The molecule has 0 atom stereocenters. The molecule has 0 radical (unpaired) electrons. The summed E-state index contributed by atoms with van der Waals surface area (Å²) in [6.45, 7) is 0. The minimum absolute atomic E-state index is 0.0752. The maximum atomic E-state index is 9.54. The molecule has 2 nitrogen and oxygen atoms in total. The molecule has 2 heteroatoms. The van der Waals surface area contributed by atoms with Gasteiger partial charge >= 0.3 is 0 Å². The molecule has 0 bridgehead atoms. The summed E-state index contributed by atoms with van der Waals surface area (Å²) in [5.74, 6) is 0. The lowest BCUT2D eigenvalue weighted by molar-refractivity contribution is 0.669. The van der Waals surface area contributed by atoms with Crippen LogP contribution in [-0.4, -0.2) is 0 Å². The second-order valence-electron chi connectivity index (χ2n) is 12.8. The Bertz CT molecular complexity index is 3230. The molecular formula is C50H33NO. The molecule has 0 saturated carbocycles. The van der Waals surface area contributed by atoms with Crippen molar-refractivity contribution in [3.05, 3.63) is 200 Å². The van der Waals surface area contributed by atoms with E-state index in [0.717, 1.165) is 39.3 Å². The van der Waals surface area contributed by atoms with E-state index in [2.05, 4.69) is 120 Å². The maximum absolute atomic E-state index is 9.54. The lowest BCUT2D eigenvalue weighted by Gasteiger charge is -2.28. The van der Waals surface area contributed by atoms with Crippen molar-refractivity contribution >= 4 is 60.5 Å². The Labute approximate surface area is 310 Å². The van der Waals surface area contributed by atoms with Crippen molar-refractivity contribution in [3.63, 3.8) is 0 Å². The number of para-hydroxylation sites is 2. The fourth-order valence-corrected chi connectivity index (χ4v) is 7.30. The Morgan fingerprint density at radius 3 is 1.92 bits per heavy atom. The van der Waals surface area contributed by atoms with Crippen molar-refractivity contribution < 1.29 is 12.6 Å². The fourth-order valence-electron chi connectivity index (χ4n) is 7.30. The Hall–Kier alpha value is -6.90. The van der Waals surface area contributed by atoms with Gasteiger partial charge in [0, 0.05) is 27.7 Å². The molecule has 0 saturated heterocycles. The van der Waals surface area contributed by atoms with Gasteiger partial charge in [-0.3, -0.25) is 0 Å². The summed E-state index contributed by atoms with van der Waals surface area (Å²) in [5.41, 5.74) is 9.02. The number of hydrogen-bond acceptors (Lipinski definition) is 2. The van der Waals surface area contributed by atoms with Gasteiger partial charge in [-0.25, -0.2) is 0 Å². The van der Waals surface area contributed by atoms with Crippen LogP contribution in [0.25, 0.3) is 76.9 Å². The molecule has 0 spiro atoms. The first-order valence-electron chi connectivity index (χ1n) is 20.3. The molecule has 0 N–H and O–H groups in total. The molecule has 9 aromatic carbocycles. The quantitative estimate of drug-likeness (QED) is 0.175. The summed E-state index contributed by atoms with van der Waals surface area (Å²) in [5, 5.41) is 3.79. The first-order chi connectivity index (χ1) is 28.3. The van der Waals surface area contributed by atoms with Crippen LogP contribution in [0.3, 0.4) is 0 Å². The highest BCUT2D eigenvalue weighted by molar-refractivity contribution is 6.19. The van der Waals surface area contributed by atoms with E-state index in [-0.39, 0.29) is 52.8 Å². The topological polar surface area (TPSA) is 16.4 Å². The molecule has 0 aliphatic carbocycles. The largest absolute Gasteiger partial charge is 0.456 e. The van der Waals surface area contributed by atoms with Gasteiger partial charge in [-0.1, -0.05) is 152 Å². The zero-order chi connectivity index (χ0) is 39.7. The van der Waals surface area contributed by atoms with Gasteiger partial charge in [0.15, 0.2) is 0 Å². The van der Waals surface area contributed by atoms with E-state index in [1.807, 2.05) is 30.3 Å². The molecular weight excluding hydrogens is 631 g/mol. The predicted octanol–water partition coefficient (Wildman–Crippen LogP) is 14.4. The molecule has 52 heavy (non-hydrogen) atoms. The second-order valence-corrected chi connectivity index (χ2v) is 12.8. The minimum atomic E-state index is -0.260. The van der Waals surface area contributed by atoms with Gasteiger partial charge in [-0.2, -0.15) is 0 Å². The SMILES string of the molecule is [2H]c1cc2oc3c([2H])c([2H])c4ccc(-c5ccc(N(c6ccc(-c7cccc8ccccc78)cc6)c6ccccc6-c6ccccc6)cc5)c([2H])c4c3c2c([2H])c1[2H]. The van der Waals surface area contributed by atoms with E-state index >= 15 is 0 Å². The molecule has 0 aliphatic rings. The van der Waals surface area contributed by atoms with E-state index in [4.69, 9.17) is 11.3 Å². The summed E-state index contributed by atoms with van der Waals surface area (Å²) >= 11 is 0. The monoisotopic (exact) mass is 669 g/mol. The average molecular weight is 670 g/mol. The fraction of sp³-hybridized carbons (Fsp3) is 0. The molecule has 1 heterocycles. The van der Waals surface area contributed by atoms with Crippen molar-refractivity contribution in [1.82, 2.24) is 0 Å². The average Bonchev–Trinajstić information content (AvgIpc) is 3.65. The van der Waals surface area contributed by atoms with Gasteiger partial charge in [-0.15, -0.1) is 0 Å². The van der Waals surface area contributed by atoms with Gasteiger partial charge in [0.25, 0.3) is 0 Å². The van der Waals surface area contributed by atoms with Gasteiger partial charge in [-0.05, 0) is 97.8 Å². The Kier molecular flexibility index (Phi) is 5.82. The van der Waals surface area contributed by atoms with Crippen LogP contribution in [0, 0.1) is 0 Å². The third-order valence-corrected chi connectivity index (χ3v) is 9.80. The molecule has 0 fully saturated rings. The Morgan fingerprint density at radius 2 is 1.08 bits per heavy atom. The summed E-state index contributed by atoms with van der Waals surface area (Å²) in [7, 11) is 0. The molecule has 244 valence electrons. The number of furan rings is 1. The van der Waals surface area contributed by atoms with Crippen LogP contribution in [0.4, 0.5) is 17.1 Å². The standard InChI is InChI=1S/C50H33NO/c1-2-11-36(12-3-1)44-16-6-8-19-47(44)51(41-30-25-37(26-31-41)43-18-10-14-35-13-4-5-15-42(35)43)40-28-23-34(24-29-40)39-22-21-38-27-32-49-50(46(38)33-39)45-17-7-9-20-48(45)52-49/h1-33H/i7D,9D,17D,27D,32D,33D. The minimum Gasteiger partial charge on any atom is -0.456 e. The number of hydrogen-bond donors (Lipinski definition) is 0. The molecule has 0 unspecified atom stereocenters. The number of nitrogens with zero attached hydrogens (tertiary/aromatic N) is 1. The lowest BCUT2D eigenvalue weighted by Crippen LogP contribution is -2.11. The van der Waals surface area contributed by atoms with Crippen molar-refractivity contribution in [3.8, 4) is 33.4 Å². The van der Waals surface area contributed by atoms with Crippen LogP contribution < -0.4 is 4.90 Å². The van der Waals surface area contributed by atoms with E-state index in [9.17, 15) is 1.37 Å². The predicted molar refractivity (Wildman–Crippen MR) is 220 cm³/mol. The summed E-state index contributed by atoms with van der Waals surface area (Å²) in [4.78, 5) is 2.25. The van der Waals surface area contributed by atoms with Crippen LogP contribution in [0.15, 0.2) is 204 Å². The third-order valence-electron chi connectivity index (χ3n) is 9.80. The van der Waals surface area contributed by atoms with Crippen LogP contribution in [-0.2, 0) is 0 Å². The lowest BCUT2D eigenvalue weighted by atomic mass is 9.97. The van der Waals surface area contributed by atoms with E-state index < -0.39 is 0 Å². The summed E-state index contributed by atoms with van der Waals surface area (Å²) in [6, 6.07) is 54.5. The van der Waals surface area contributed by atoms with Crippen LogP contribution >= 0.6 is 0 Å². The highest BCUT2D eigenvalue weighted by Gasteiger charge is 2.18. The summed E-state index contributed by atoms with van der Waals surface area (Å²) in [6.07, 6.45) is 0. The zero-order valence-electron chi connectivity index (χ0n) is 33.9. The second kappa shape index (κ2) is 12.5. The van der Waals surface area contributed by atoms with Crippen molar-refractivity contribution in [2.24, 2.45) is 0 Å². The first-order valence-corrected chi connectivity index (χ1v) is 17.3. The normalized spacial score (nSPS) is 13.1. The number of anilines is 3. The summed E-state index contributed by atoms with van der Waals surface area (Å²) < 4.78 is 58.3. The highest BCUT2D eigenvalue weighted by Crippen LogP contribution is 2.43. The smallest absolute Gasteiger partial charge is 0.136 e. The number of fused-ring (bicyclic) bond motifs is 6. The van der Waals surface area contributed by atoms with Crippen LogP contribution in [0.5, 0.6) is 0 Å². The van der Waals surface area contributed by atoms with E-state index in [1.54, 1.807) is 12.1 Å². The highest BCUT2D eigenvalue weighted by atomic mass is 16.3. The number of rotatable bonds is 6. The van der Waals surface area contributed by atoms with E-state index in [0.29, 0.717) is 21.7 Å². The van der Waals surface area contributed by atoms with Gasteiger partial charge < -0.3 is 9.32 Å². The van der Waals surface area contributed by atoms with Crippen molar-refractivity contribution in [1.29, 1.82) is 0 Å².